The molecule has 1 aliphatic heterocycles. The molecule has 3 atom stereocenters. The summed E-state index contributed by atoms with van der Waals surface area (Å²) >= 11 is 1.31. The van der Waals surface area contributed by atoms with Gasteiger partial charge in [-0.05, 0) is 32.4 Å². The van der Waals surface area contributed by atoms with Crippen LogP contribution < -0.4 is 0 Å². The molecule has 8 heteroatoms. The zero-order chi connectivity index (χ0) is 17.1. The molecular formula is C15H18N2O5S. The Kier molecular flexibility index (Phi) is 5.25. The quantitative estimate of drug-likeness (QED) is 0.502. The summed E-state index contributed by atoms with van der Waals surface area (Å²) < 4.78 is 0. The van der Waals surface area contributed by atoms with Crippen LogP contribution in [0.5, 0.6) is 0 Å². The van der Waals surface area contributed by atoms with Crippen molar-refractivity contribution in [3.8, 4) is 0 Å². The Morgan fingerprint density at radius 1 is 1.39 bits per heavy atom. The number of likely N-dealkylation sites (tertiary alicyclic amines) is 1. The number of aliphatic carboxylic acids is 1. The molecule has 1 fully saturated rings. The fourth-order valence-corrected chi connectivity index (χ4v) is 3.65. The van der Waals surface area contributed by atoms with Crippen LogP contribution in [0, 0.1) is 16.0 Å². The third-order valence-electron chi connectivity index (χ3n) is 4.06. The van der Waals surface area contributed by atoms with Crippen molar-refractivity contribution in [2.45, 2.75) is 36.5 Å². The average molecular weight is 338 g/mol. The number of amides is 1. The summed E-state index contributed by atoms with van der Waals surface area (Å²) in [6, 6.07) is 5.71. The van der Waals surface area contributed by atoms with E-state index in [1.807, 2.05) is 0 Å². The number of carboxylic acids is 1. The van der Waals surface area contributed by atoms with E-state index in [1.54, 1.807) is 30.9 Å². The third kappa shape index (κ3) is 3.82. The minimum atomic E-state index is -0.872. The highest BCUT2D eigenvalue weighted by Crippen LogP contribution is 2.30. The van der Waals surface area contributed by atoms with Crippen molar-refractivity contribution in [3.05, 3.63) is 34.4 Å². The second-order valence-corrected chi connectivity index (χ2v) is 6.93. The summed E-state index contributed by atoms with van der Waals surface area (Å²) in [6.07, 6.45) is 0.469. The Morgan fingerprint density at radius 2 is 2.00 bits per heavy atom. The molecule has 1 aliphatic rings. The molecule has 1 saturated heterocycles. The van der Waals surface area contributed by atoms with Gasteiger partial charge < -0.3 is 10.0 Å². The number of nitrogens with zero attached hydrogens (tertiary/aromatic N) is 2. The van der Waals surface area contributed by atoms with Crippen LogP contribution in [0.25, 0.3) is 0 Å². The van der Waals surface area contributed by atoms with Gasteiger partial charge in [0.15, 0.2) is 0 Å². The van der Waals surface area contributed by atoms with E-state index in [2.05, 4.69) is 0 Å². The number of non-ortho nitro benzene ring substituents is 1. The molecule has 0 radical (unpaired) electrons. The van der Waals surface area contributed by atoms with Crippen LogP contribution in [0.4, 0.5) is 5.69 Å². The Hall–Kier alpha value is -2.09. The molecule has 0 aromatic heterocycles. The van der Waals surface area contributed by atoms with E-state index in [0.29, 0.717) is 13.0 Å². The van der Waals surface area contributed by atoms with Crippen LogP contribution >= 0.6 is 11.8 Å². The molecular weight excluding hydrogens is 320 g/mol. The predicted molar refractivity (Wildman–Crippen MR) is 85.3 cm³/mol. The summed E-state index contributed by atoms with van der Waals surface area (Å²) in [7, 11) is 0. The molecule has 0 saturated carbocycles. The molecule has 23 heavy (non-hydrogen) atoms. The summed E-state index contributed by atoms with van der Waals surface area (Å²) in [6.45, 7) is 3.96. The summed E-state index contributed by atoms with van der Waals surface area (Å²) in [5.74, 6) is -1.50. The van der Waals surface area contributed by atoms with Gasteiger partial charge in [0.25, 0.3) is 5.69 Å². The first-order chi connectivity index (χ1) is 10.8. The summed E-state index contributed by atoms with van der Waals surface area (Å²) in [5.41, 5.74) is 0.00537. The number of rotatable bonds is 5. The highest BCUT2D eigenvalue weighted by Gasteiger charge is 2.39. The topological polar surface area (TPSA) is 101 Å². The van der Waals surface area contributed by atoms with Gasteiger partial charge in [-0.15, -0.1) is 11.8 Å². The first-order valence-corrected chi connectivity index (χ1v) is 8.13. The lowest BCUT2D eigenvalue weighted by atomic mass is 10.0. The average Bonchev–Trinajstić information content (AvgIpc) is 2.88. The standard InChI is InChI=1S/C15H18N2O5S/c1-9-13(15(19)20)7-8-16(9)14(18)10(2)23-12-5-3-11(4-6-12)17(21)22/h3-6,9-10,13H,7-8H2,1-2H3,(H,19,20). The zero-order valence-corrected chi connectivity index (χ0v) is 13.7. The monoisotopic (exact) mass is 338 g/mol. The van der Waals surface area contributed by atoms with Crippen molar-refractivity contribution in [1.82, 2.24) is 4.90 Å². The molecule has 0 spiro atoms. The van der Waals surface area contributed by atoms with Crippen molar-refractivity contribution < 1.29 is 19.6 Å². The molecule has 3 unspecified atom stereocenters. The number of nitro groups is 1. The Balaban J connectivity index is 2.00. The van der Waals surface area contributed by atoms with Crippen LogP contribution in [0.3, 0.4) is 0 Å². The largest absolute Gasteiger partial charge is 0.481 e. The Morgan fingerprint density at radius 3 is 2.48 bits per heavy atom. The second-order valence-electron chi connectivity index (χ2n) is 5.52. The Bertz CT molecular complexity index is 619. The highest BCUT2D eigenvalue weighted by atomic mass is 32.2. The number of nitro benzene ring substituents is 1. The van der Waals surface area contributed by atoms with E-state index < -0.39 is 16.8 Å². The second kappa shape index (κ2) is 6.99. The van der Waals surface area contributed by atoms with E-state index in [4.69, 9.17) is 5.11 Å². The number of hydrogen-bond acceptors (Lipinski definition) is 5. The van der Waals surface area contributed by atoms with Crippen LogP contribution in [0.1, 0.15) is 20.3 Å². The SMILES string of the molecule is CC(Sc1ccc([N+](=O)[O-])cc1)C(=O)N1CCC(C(=O)O)C1C. The van der Waals surface area contributed by atoms with E-state index in [0.717, 1.165) is 4.90 Å². The minimum Gasteiger partial charge on any atom is -0.481 e. The molecule has 0 aliphatic carbocycles. The Labute approximate surface area is 137 Å². The van der Waals surface area contributed by atoms with Crippen molar-refractivity contribution in [3.63, 3.8) is 0 Å². The molecule has 1 N–H and O–H groups in total. The van der Waals surface area contributed by atoms with Gasteiger partial charge in [0.05, 0.1) is 16.1 Å². The van der Waals surface area contributed by atoms with Crippen molar-refractivity contribution >= 4 is 29.3 Å². The number of carbonyl (C=O) groups is 2. The maximum atomic E-state index is 12.5. The van der Waals surface area contributed by atoms with Gasteiger partial charge in [0, 0.05) is 29.6 Å². The number of benzene rings is 1. The number of thioether (sulfide) groups is 1. The lowest BCUT2D eigenvalue weighted by molar-refractivity contribution is -0.384. The van der Waals surface area contributed by atoms with E-state index in [-0.39, 0.29) is 22.9 Å². The molecule has 7 nitrogen and oxygen atoms in total. The summed E-state index contributed by atoms with van der Waals surface area (Å²) in [5, 5.41) is 19.4. The summed E-state index contributed by atoms with van der Waals surface area (Å²) in [4.78, 5) is 36.2. The third-order valence-corrected chi connectivity index (χ3v) is 5.16. The fraction of sp³-hybridized carbons (Fsp3) is 0.467. The first kappa shape index (κ1) is 17.3. The maximum Gasteiger partial charge on any atom is 0.308 e. The van der Waals surface area contributed by atoms with Crippen molar-refractivity contribution in [1.29, 1.82) is 0 Å². The van der Waals surface area contributed by atoms with Crippen LogP contribution in [0.2, 0.25) is 0 Å². The number of hydrogen-bond donors (Lipinski definition) is 1. The lowest BCUT2D eigenvalue weighted by Crippen LogP contribution is -2.41. The van der Waals surface area contributed by atoms with Gasteiger partial charge in [-0.2, -0.15) is 0 Å². The van der Waals surface area contributed by atoms with E-state index >= 15 is 0 Å². The van der Waals surface area contributed by atoms with Gasteiger partial charge in [-0.1, -0.05) is 0 Å². The van der Waals surface area contributed by atoms with Crippen LogP contribution in [-0.4, -0.2) is 44.6 Å². The fourth-order valence-electron chi connectivity index (χ4n) is 2.72. The molecule has 124 valence electrons. The van der Waals surface area contributed by atoms with Crippen molar-refractivity contribution in [2.24, 2.45) is 5.92 Å². The van der Waals surface area contributed by atoms with Gasteiger partial charge in [0.2, 0.25) is 5.91 Å². The van der Waals surface area contributed by atoms with Gasteiger partial charge >= 0.3 is 5.97 Å². The first-order valence-electron chi connectivity index (χ1n) is 7.25. The zero-order valence-electron chi connectivity index (χ0n) is 12.8. The van der Waals surface area contributed by atoms with Gasteiger partial charge in [-0.25, -0.2) is 0 Å². The molecule has 1 heterocycles. The molecule has 1 amide bonds. The molecule has 2 rings (SSSR count). The van der Waals surface area contributed by atoms with Crippen LogP contribution in [0.15, 0.2) is 29.2 Å². The molecule has 1 aromatic carbocycles. The minimum absolute atomic E-state index is 0.00537. The van der Waals surface area contributed by atoms with Crippen LogP contribution in [-0.2, 0) is 9.59 Å². The highest BCUT2D eigenvalue weighted by molar-refractivity contribution is 8.00. The van der Waals surface area contributed by atoms with E-state index in [9.17, 15) is 19.7 Å². The van der Waals surface area contributed by atoms with Gasteiger partial charge in [0.1, 0.15) is 0 Å². The normalized spacial score (nSPS) is 21.9. The molecule has 0 bridgehead atoms. The smallest absolute Gasteiger partial charge is 0.308 e. The number of carboxylic acid groups (broad SMARTS) is 1. The van der Waals surface area contributed by atoms with Crippen molar-refractivity contribution in [2.75, 3.05) is 6.54 Å². The lowest BCUT2D eigenvalue weighted by Gasteiger charge is -2.26. The molecule has 1 aromatic rings. The maximum absolute atomic E-state index is 12.5. The van der Waals surface area contributed by atoms with E-state index in [1.165, 1.54) is 23.9 Å². The number of carbonyl (C=O) groups excluding carboxylic acids is 1. The predicted octanol–water partition coefficient (Wildman–Crippen LogP) is 2.40. The van der Waals surface area contributed by atoms with Gasteiger partial charge in [-0.3, -0.25) is 19.7 Å².